The highest BCUT2D eigenvalue weighted by Gasteiger charge is 2.29. The second-order valence-electron chi connectivity index (χ2n) is 5.81. The molecule has 1 aromatic rings. The molecule has 1 unspecified atom stereocenters. The van der Waals surface area contributed by atoms with E-state index in [0.29, 0.717) is 0 Å². The van der Waals surface area contributed by atoms with Crippen LogP contribution in [0.15, 0.2) is 22.7 Å². The lowest BCUT2D eigenvalue weighted by atomic mass is 9.80. The van der Waals surface area contributed by atoms with Gasteiger partial charge in [-0.25, -0.2) is 0 Å². The summed E-state index contributed by atoms with van der Waals surface area (Å²) in [7, 11) is 1.45. The third-order valence-corrected chi connectivity index (χ3v) is 3.61. The highest BCUT2D eigenvalue weighted by atomic mass is 79.9. The van der Waals surface area contributed by atoms with Crippen LogP contribution in [-0.2, 0) is 9.53 Å². The summed E-state index contributed by atoms with van der Waals surface area (Å²) < 4.78 is 5.94. The van der Waals surface area contributed by atoms with Crippen LogP contribution in [-0.4, -0.2) is 13.1 Å². The number of rotatable bonds is 3. The van der Waals surface area contributed by atoms with Crippen molar-refractivity contribution < 1.29 is 9.53 Å². The molecule has 1 aromatic carbocycles. The van der Waals surface area contributed by atoms with Gasteiger partial charge >= 0.3 is 5.97 Å². The van der Waals surface area contributed by atoms with Crippen molar-refractivity contribution in [3.05, 3.63) is 33.8 Å². The summed E-state index contributed by atoms with van der Waals surface area (Å²) in [4.78, 5) is 12.1. The van der Waals surface area contributed by atoms with Crippen LogP contribution < -0.4 is 0 Å². The lowest BCUT2D eigenvalue weighted by Gasteiger charge is -2.26. The molecular weight excluding hydrogens is 292 g/mol. The first kappa shape index (κ1) is 15.2. The Kier molecular flexibility index (Phi) is 4.97. The van der Waals surface area contributed by atoms with Crippen LogP contribution >= 0.6 is 15.9 Å². The summed E-state index contributed by atoms with van der Waals surface area (Å²) in [6.45, 7) is 8.43. The van der Waals surface area contributed by atoms with Gasteiger partial charge in [0.1, 0.15) is 0 Å². The van der Waals surface area contributed by atoms with Gasteiger partial charge in [-0.1, -0.05) is 48.8 Å². The minimum Gasteiger partial charge on any atom is -0.469 e. The number of esters is 1. The molecule has 1 atom stereocenters. The maximum Gasteiger partial charge on any atom is 0.313 e. The fraction of sp³-hybridized carbons (Fsp3) is 0.533. The van der Waals surface area contributed by atoms with E-state index >= 15 is 0 Å². The molecule has 0 heterocycles. The normalized spacial score (nSPS) is 13.2. The molecule has 0 fully saturated rings. The predicted octanol–water partition coefficient (Wildman–Crippen LogP) is 4.45. The van der Waals surface area contributed by atoms with E-state index in [4.69, 9.17) is 4.74 Å². The Hall–Kier alpha value is -0.830. The number of aryl methyl sites for hydroxylation is 1. The Morgan fingerprint density at radius 3 is 2.44 bits per heavy atom. The zero-order valence-corrected chi connectivity index (χ0v) is 13.3. The van der Waals surface area contributed by atoms with Gasteiger partial charge in [0.15, 0.2) is 0 Å². The molecule has 0 aliphatic heterocycles. The maximum absolute atomic E-state index is 12.1. The van der Waals surface area contributed by atoms with Crippen molar-refractivity contribution in [2.24, 2.45) is 5.41 Å². The number of hydrogen-bond donors (Lipinski definition) is 0. The number of methoxy groups -OCH3 is 1. The van der Waals surface area contributed by atoms with Crippen molar-refractivity contribution in [3.8, 4) is 0 Å². The molecule has 1 rings (SSSR count). The summed E-state index contributed by atoms with van der Waals surface area (Å²) in [6, 6.07) is 5.98. The van der Waals surface area contributed by atoms with Crippen LogP contribution in [0, 0.1) is 12.3 Å². The number of carbonyl (C=O) groups is 1. The van der Waals surface area contributed by atoms with Crippen molar-refractivity contribution in [2.45, 2.75) is 40.0 Å². The van der Waals surface area contributed by atoms with Crippen molar-refractivity contribution >= 4 is 21.9 Å². The van der Waals surface area contributed by atoms with E-state index in [1.807, 2.05) is 25.1 Å². The summed E-state index contributed by atoms with van der Waals surface area (Å²) >= 11 is 3.54. The van der Waals surface area contributed by atoms with Gasteiger partial charge in [-0.3, -0.25) is 4.79 Å². The second-order valence-corrected chi connectivity index (χ2v) is 6.67. The summed E-state index contributed by atoms with van der Waals surface area (Å²) in [5.41, 5.74) is 2.23. The molecule has 0 aliphatic carbocycles. The number of carbonyl (C=O) groups excluding carboxylic acids is 1. The highest BCUT2D eigenvalue weighted by Crippen LogP contribution is 2.37. The molecule has 0 saturated heterocycles. The van der Waals surface area contributed by atoms with Gasteiger partial charge in [0.25, 0.3) is 0 Å². The molecule has 0 saturated carbocycles. The van der Waals surface area contributed by atoms with E-state index in [9.17, 15) is 4.79 Å². The Balaban J connectivity index is 3.22. The van der Waals surface area contributed by atoms with E-state index in [1.165, 1.54) is 7.11 Å². The molecule has 0 amide bonds. The van der Waals surface area contributed by atoms with Crippen LogP contribution in [0.3, 0.4) is 0 Å². The molecular formula is C15H21BrO2. The molecule has 0 aromatic heterocycles. The molecule has 0 N–H and O–H groups in total. The lowest BCUT2D eigenvalue weighted by molar-refractivity contribution is -0.143. The fourth-order valence-corrected chi connectivity index (χ4v) is 2.89. The molecule has 2 nitrogen and oxygen atoms in total. The fourth-order valence-electron chi connectivity index (χ4n) is 2.14. The number of ether oxygens (including phenoxy) is 1. The molecule has 18 heavy (non-hydrogen) atoms. The van der Waals surface area contributed by atoms with E-state index in [1.54, 1.807) is 0 Å². The number of benzene rings is 1. The van der Waals surface area contributed by atoms with Gasteiger partial charge in [0, 0.05) is 4.47 Å². The molecule has 0 radical (unpaired) electrons. The number of halogens is 1. The topological polar surface area (TPSA) is 26.3 Å². The van der Waals surface area contributed by atoms with Crippen LogP contribution in [0.2, 0.25) is 0 Å². The van der Waals surface area contributed by atoms with Crippen LogP contribution in [0.25, 0.3) is 0 Å². The van der Waals surface area contributed by atoms with Gasteiger partial charge in [0.05, 0.1) is 13.0 Å². The third kappa shape index (κ3) is 3.84. The number of hydrogen-bond acceptors (Lipinski definition) is 2. The first-order valence-electron chi connectivity index (χ1n) is 6.09. The van der Waals surface area contributed by atoms with E-state index < -0.39 is 0 Å². The zero-order valence-electron chi connectivity index (χ0n) is 11.7. The lowest BCUT2D eigenvalue weighted by Crippen LogP contribution is -2.22. The Morgan fingerprint density at radius 2 is 2.00 bits per heavy atom. The molecule has 0 spiro atoms. The van der Waals surface area contributed by atoms with Crippen molar-refractivity contribution in [2.75, 3.05) is 7.11 Å². The first-order chi connectivity index (χ1) is 8.26. The largest absolute Gasteiger partial charge is 0.469 e. The van der Waals surface area contributed by atoms with Crippen LogP contribution in [0.5, 0.6) is 0 Å². The second kappa shape index (κ2) is 5.87. The van der Waals surface area contributed by atoms with Gasteiger partial charge < -0.3 is 4.74 Å². The quantitative estimate of drug-likeness (QED) is 0.771. The van der Waals surface area contributed by atoms with Crippen molar-refractivity contribution in [3.63, 3.8) is 0 Å². The smallest absolute Gasteiger partial charge is 0.313 e. The minimum absolute atomic E-state index is 0.0700. The summed E-state index contributed by atoms with van der Waals surface area (Å²) in [5, 5.41) is 0. The monoisotopic (exact) mass is 312 g/mol. The van der Waals surface area contributed by atoms with Gasteiger partial charge in [0.2, 0.25) is 0 Å². The average molecular weight is 313 g/mol. The molecule has 3 heteroatoms. The zero-order chi connectivity index (χ0) is 13.9. The predicted molar refractivity (Wildman–Crippen MR) is 77.7 cm³/mol. The van der Waals surface area contributed by atoms with Gasteiger partial charge in [-0.15, -0.1) is 0 Å². The van der Waals surface area contributed by atoms with Crippen molar-refractivity contribution in [1.29, 1.82) is 0 Å². The maximum atomic E-state index is 12.1. The van der Waals surface area contributed by atoms with Gasteiger partial charge in [-0.2, -0.15) is 0 Å². The summed E-state index contributed by atoms with van der Waals surface area (Å²) in [6.07, 6.45) is 0.767. The van der Waals surface area contributed by atoms with E-state index in [0.717, 1.165) is 22.0 Å². The summed E-state index contributed by atoms with van der Waals surface area (Å²) in [5.74, 6) is -0.384. The van der Waals surface area contributed by atoms with Crippen molar-refractivity contribution in [1.82, 2.24) is 0 Å². The van der Waals surface area contributed by atoms with Crippen LogP contribution in [0.1, 0.15) is 44.2 Å². The van der Waals surface area contributed by atoms with Crippen LogP contribution in [0.4, 0.5) is 0 Å². The average Bonchev–Trinajstić information content (AvgIpc) is 2.24. The molecule has 100 valence electrons. The first-order valence-corrected chi connectivity index (χ1v) is 6.88. The Bertz CT molecular complexity index is 412. The SMILES string of the molecule is COC(=O)C(CC(C)(C)C)c1c(C)cccc1Br. The van der Waals surface area contributed by atoms with E-state index in [2.05, 4.69) is 36.7 Å². The Morgan fingerprint density at radius 1 is 1.39 bits per heavy atom. The third-order valence-electron chi connectivity index (χ3n) is 2.92. The minimum atomic E-state index is -0.217. The highest BCUT2D eigenvalue weighted by molar-refractivity contribution is 9.10. The van der Waals surface area contributed by atoms with E-state index in [-0.39, 0.29) is 17.3 Å². The van der Waals surface area contributed by atoms with Gasteiger partial charge in [-0.05, 0) is 36.0 Å². The molecule has 0 aliphatic rings. The molecule has 0 bridgehead atoms. The Labute approximate surface area is 118 Å². The standard InChI is InChI=1S/C15H21BrO2/c1-10-7-6-8-12(16)13(10)11(14(17)18-5)9-15(2,3)4/h6-8,11H,9H2,1-5H3.